The molecule has 0 bridgehead atoms. The van der Waals surface area contributed by atoms with E-state index >= 15 is 0 Å². The molecule has 1 atom stereocenters. The Balaban J connectivity index is 2.45. The molecule has 112 valence electrons. The molecule has 0 aromatic heterocycles. The van der Waals surface area contributed by atoms with Gasteiger partial charge in [0.05, 0.1) is 22.7 Å². The van der Waals surface area contributed by atoms with E-state index in [9.17, 15) is 12.8 Å². The van der Waals surface area contributed by atoms with Gasteiger partial charge >= 0.3 is 0 Å². The summed E-state index contributed by atoms with van der Waals surface area (Å²) in [4.78, 5) is 1.82. The maximum absolute atomic E-state index is 14.0. The van der Waals surface area contributed by atoms with Crippen molar-refractivity contribution < 1.29 is 12.8 Å². The topological polar surface area (TPSA) is 63.4 Å². The summed E-state index contributed by atoms with van der Waals surface area (Å²) in [6.07, 6.45) is 1.25. The molecule has 20 heavy (non-hydrogen) atoms. The lowest BCUT2D eigenvalue weighted by atomic mass is 9.92. The van der Waals surface area contributed by atoms with E-state index in [0.717, 1.165) is 0 Å². The van der Waals surface area contributed by atoms with Crippen molar-refractivity contribution in [2.45, 2.75) is 25.3 Å². The third kappa shape index (κ3) is 2.81. The molecule has 1 heterocycles. The van der Waals surface area contributed by atoms with Crippen LogP contribution >= 0.6 is 0 Å². The third-order valence-corrected chi connectivity index (χ3v) is 5.89. The molecule has 2 N–H and O–H groups in total. The van der Waals surface area contributed by atoms with Crippen molar-refractivity contribution in [3.63, 3.8) is 0 Å². The van der Waals surface area contributed by atoms with Crippen molar-refractivity contribution in [3.05, 3.63) is 30.1 Å². The highest BCUT2D eigenvalue weighted by atomic mass is 32.2. The molecular weight excluding hydrogens is 279 g/mol. The molecule has 0 amide bonds. The zero-order chi connectivity index (χ0) is 14.8. The van der Waals surface area contributed by atoms with E-state index in [1.807, 2.05) is 11.8 Å². The number of benzene rings is 1. The van der Waals surface area contributed by atoms with Crippen molar-refractivity contribution in [1.29, 1.82) is 0 Å². The highest BCUT2D eigenvalue weighted by Gasteiger charge is 2.42. The molecule has 1 aliphatic rings. The van der Waals surface area contributed by atoms with E-state index < -0.39 is 15.4 Å². The number of rotatable bonds is 4. The monoisotopic (exact) mass is 300 g/mol. The van der Waals surface area contributed by atoms with Gasteiger partial charge in [-0.3, -0.25) is 0 Å². The third-order valence-electron chi connectivity index (χ3n) is 4.00. The average Bonchev–Trinajstić information content (AvgIpc) is 2.40. The van der Waals surface area contributed by atoms with Gasteiger partial charge in [0.15, 0.2) is 9.84 Å². The van der Waals surface area contributed by atoms with Crippen molar-refractivity contribution in [2.75, 3.05) is 29.5 Å². The molecule has 6 heteroatoms. The number of halogens is 1. The molecule has 0 radical (unpaired) electrons. The van der Waals surface area contributed by atoms with Crippen LogP contribution in [0, 0.1) is 5.82 Å². The number of nitrogens with two attached hydrogens (primary N) is 1. The molecule has 1 aromatic rings. The first-order chi connectivity index (χ1) is 9.44. The van der Waals surface area contributed by atoms with Crippen LogP contribution in [-0.4, -0.2) is 38.6 Å². The summed E-state index contributed by atoms with van der Waals surface area (Å²) in [5.74, 6) is -0.146. The summed E-state index contributed by atoms with van der Waals surface area (Å²) in [6.45, 7) is 2.62. The van der Waals surface area contributed by atoms with Gasteiger partial charge in [0.1, 0.15) is 5.82 Å². The maximum Gasteiger partial charge on any atom is 0.152 e. The highest BCUT2D eigenvalue weighted by molar-refractivity contribution is 7.91. The molecule has 0 spiro atoms. The maximum atomic E-state index is 14.0. The smallest absolute Gasteiger partial charge is 0.152 e. The molecule has 1 fully saturated rings. The van der Waals surface area contributed by atoms with Crippen LogP contribution in [0.3, 0.4) is 0 Å². The normalized spacial score (nSPS) is 25.4. The Labute approximate surface area is 119 Å². The standard InChI is InChI=1S/C14H21FN2O2S/c1-2-17(13-7-4-3-6-12(13)15)14(10-16)8-5-9-20(18,19)11-14/h3-4,6-7H,2,5,8-11,16H2,1H3. The van der Waals surface area contributed by atoms with E-state index in [1.165, 1.54) is 6.07 Å². The fourth-order valence-corrected chi connectivity index (χ4v) is 5.06. The second kappa shape index (κ2) is 5.69. The summed E-state index contributed by atoms with van der Waals surface area (Å²) in [7, 11) is -3.12. The Morgan fingerprint density at radius 3 is 2.65 bits per heavy atom. The summed E-state index contributed by atoms with van der Waals surface area (Å²) >= 11 is 0. The minimum atomic E-state index is -3.12. The van der Waals surface area contributed by atoms with Crippen LogP contribution in [0.15, 0.2) is 24.3 Å². The molecule has 1 aliphatic heterocycles. The molecular formula is C14H21FN2O2S. The van der Waals surface area contributed by atoms with Crippen LogP contribution in [0.1, 0.15) is 19.8 Å². The minimum Gasteiger partial charge on any atom is -0.361 e. The van der Waals surface area contributed by atoms with Crippen LogP contribution in [0.4, 0.5) is 10.1 Å². The number of sulfone groups is 1. The molecule has 1 unspecified atom stereocenters. The lowest BCUT2D eigenvalue weighted by Crippen LogP contribution is -2.60. The van der Waals surface area contributed by atoms with Gasteiger partial charge in [-0.15, -0.1) is 0 Å². The number of anilines is 1. The van der Waals surface area contributed by atoms with Crippen molar-refractivity contribution in [2.24, 2.45) is 5.73 Å². The van der Waals surface area contributed by atoms with Gasteiger partial charge < -0.3 is 10.6 Å². The van der Waals surface area contributed by atoms with Gasteiger partial charge in [-0.1, -0.05) is 12.1 Å². The summed E-state index contributed by atoms with van der Waals surface area (Å²) in [5.41, 5.74) is 5.62. The lowest BCUT2D eigenvalue weighted by molar-refractivity contribution is 0.382. The lowest BCUT2D eigenvalue weighted by Gasteiger charge is -2.46. The predicted molar refractivity (Wildman–Crippen MR) is 79.1 cm³/mol. The Kier molecular flexibility index (Phi) is 4.34. The van der Waals surface area contributed by atoms with Crippen LogP contribution in [0.25, 0.3) is 0 Å². The first-order valence-electron chi connectivity index (χ1n) is 6.87. The van der Waals surface area contributed by atoms with E-state index in [0.29, 0.717) is 25.1 Å². The van der Waals surface area contributed by atoms with E-state index in [2.05, 4.69) is 0 Å². The van der Waals surface area contributed by atoms with Crippen molar-refractivity contribution >= 4 is 15.5 Å². The molecule has 1 aromatic carbocycles. The number of hydrogen-bond acceptors (Lipinski definition) is 4. The van der Waals surface area contributed by atoms with Crippen LogP contribution < -0.4 is 10.6 Å². The molecule has 0 aliphatic carbocycles. The number of para-hydroxylation sites is 1. The van der Waals surface area contributed by atoms with Gasteiger partial charge in [0, 0.05) is 13.1 Å². The number of likely N-dealkylation sites (N-methyl/N-ethyl adjacent to an activating group) is 1. The Bertz CT molecular complexity index is 576. The fraction of sp³-hybridized carbons (Fsp3) is 0.571. The zero-order valence-electron chi connectivity index (χ0n) is 11.7. The summed E-state index contributed by atoms with van der Waals surface area (Å²) in [5, 5.41) is 0. The average molecular weight is 300 g/mol. The SMILES string of the molecule is CCN(c1ccccc1F)C1(CN)CCCS(=O)(=O)C1. The van der Waals surface area contributed by atoms with Gasteiger partial charge in [-0.05, 0) is 31.9 Å². The van der Waals surface area contributed by atoms with Gasteiger partial charge in [0.2, 0.25) is 0 Å². The van der Waals surface area contributed by atoms with Crippen LogP contribution in [0.5, 0.6) is 0 Å². The van der Waals surface area contributed by atoms with Gasteiger partial charge in [0.25, 0.3) is 0 Å². The van der Waals surface area contributed by atoms with E-state index in [1.54, 1.807) is 18.2 Å². The quantitative estimate of drug-likeness (QED) is 0.916. The summed E-state index contributed by atoms with van der Waals surface area (Å²) in [6, 6.07) is 6.44. The van der Waals surface area contributed by atoms with Crippen molar-refractivity contribution in [1.82, 2.24) is 0 Å². The molecule has 0 saturated carbocycles. The van der Waals surface area contributed by atoms with Gasteiger partial charge in [-0.2, -0.15) is 0 Å². The van der Waals surface area contributed by atoms with Crippen LogP contribution in [0.2, 0.25) is 0 Å². The van der Waals surface area contributed by atoms with Gasteiger partial charge in [-0.25, -0.2) is 12.8 Å². The molecule has 2 rings (SSSR count). The minimum absolute atomic E-state index is 0.00132. The van der Waals surface area contributed by atoms with E-state index in [4.69, 9.17) is 5.73 Å². The Morgan fingerprint density at radius 2 is 2.10 bits per heavy atom. The number of nitrogens with zero attached hydrogens (tertiary/aromatic N) is 1. The summed E-state index contributed by atoms with van der Waals surface area (Å²) < 4.78 is 38.0. The Morgan fingerprint density at radius 1 is 1.40 bits per heavy atom. The second-order valence-corrected chi connectivity index (χ2v) is 7.50. The first-order valence-corrected chi connectivity index (χ1v) is 8.69. The molecule has 4 nitrogen and oxygen atoms in total. The van der Waals surface area contributed by atoms with Crippen molar-refractivity contribution in [3.8, 4) is 0 Å². The Hall–Kier alpha value is -1.14. The largest absolute Gasteiger partial charge is 0.361 e. The van der Waals surface area contributed by atoms with E-state index in [-0.39, 0.29) is 23.9 Å². The first kappa shape index (κ1) is 15.3. The highest BCUT2D eigenvalue weighted by Crippen LogP contribution is 2.33. The zero-order valence-corrected chi connectivity index (χ0v) is 12.5. The van der Waals surface area contributed by atoms with Crippen LogP contribution in [-0.2, 0) is 9.84 Å². The number of hydrogen-bond donors (Lipinski definition) is 1. The predicted octanol–water partition coefficient (Wildman–Crippen LogP) is 1.56. The molecule has 1 saturated heterocycles. The second-order valence-electron chi connectivity index (χ2n) is 5.32. The fourth-order valence-electron chi connectivity index (χ4n) is 3.09.